The van der Waals surface area contributed by atoms with Crippen LogP contribution in [0.25, 0.3) is 67.2 Å². The highest BCUT2D eigenvalue weighted by atomic mass is 16.3. The van der Waals surface area contributed by atoms with Crippen molar-refractivity contribution in [3.63, 3.8) is 0 Å². The fourth-order valence-electron chi connectivity index (χ4n) is 7.13. The molecule has 0 aliphatic heterocycles. The molecule has 2 aromatic heterocycles. The summed E-state index contributed by atoms with van der Waals surface area (Å²) in [6.07, 6.45) is 10.0. The minimum atomic E-state index is -0.154. The third-order valence-corrected chi connectivity index (χ3v) is 9.47. The molecule has 8 rings (SSSR count). The number of aldehydes is 1. The van der Waals surface area contributed by atoms with Crippen LogP contribution in [0.3, 0.4) is 0 Å². The molecule has 6 aromatic rings. The summed E-state index contributed by atoms with van der Waals surface area (Å²) >= 11 is 0. The van der Waals surface area contributed by atoms with Crippen LogP contribution in [-0.4, -0.2) is 21.2 Å². The van der Waals surface area contributed by atoms with Gasteiger partial charge in [0.1, 0.15) is 11.2 Å². The molecule has 2 aliphatic carbocycles. The Labute approximate surface area is 273 Å². The molecule has 0 bridgehead atoms. The molecule has 1 unspecified atom stereocenters. The van der Waals surface area contributed by atoms with E-state index in [0.29, 0.717) is 29.0 Å². The highest BCUT2D eigenvalue weighted by Crippen LogP contribution is 2.55. The fraction of sp³-hybridized carbons (Fsp3) is 0.143. The van der Waals surface area contributed by atoms with Crippen LogP contribution < -0.4 is 0 Å². The molecule has 5 heteroatoms. The van der Waals surface area contributed by atoms with Gasteiger partial charge in [0.15, 0.2) is 23.8 Å². The van der Waals surface area contributed by atoms with E-state index < -0.39 is 0 Å². The summed E-state index contributed by atoms with van der Waals surface area (Å²) in [5, 5.41) is 2.18. The maximum Gasteiger partial charge on any atom is 0.164 e. The summed E-state index contributed by atoms with van der Waals surface area (Å²) < 4.78 is 6.76. The van der Waals surface area contributed by atoms with Gasteiger partial charge in [-0.1, -0.05) is 112 Å². The summed E-state index contributed by atoms with van der Waals surface area (Å²) in [6.45, 7) is 10.7. The predicted octanol–water partition coefficient (Wildman–Crippen LogP) is 10.2. The van der Waals surface area contributed by atoms with Crippen molar-refractivity contribution in [3.8, 4) is 34.2 Å². The maximum atomic E-state index is 11.8. The van der Waals surface area contributed by atoms with Crippen molar-refractivity contribution < 1.29 is 9.21 Å². The van der Waals surface area contributed by atoms with E-state index >= 15 is 0 Å². The topological polar surface area (TPSA) is 68.9 Å². The zero-order chi connectivity index (χ0) is 32.3. The Balaban J connectivity index is 1.29. The lowest BCUT2D eigenvalue weighted by Crippen LogP contribution is -2.17. The lowest BCUT2D eigenvalue weighted by Gasteiger charge is -2.25. The van der Waals surface area contributed by atoms with Crippen LogP contribution in [-0.2, 0) is 10.2 Å². The van der Waals surface area contributed by atoms with Gasteiger partial charge in [-0.05, 0) is 58.9 Å². The molecule has 0 radical (unpaired) electrons. The van der Waals surface area contributed by atoms with Crippen LogP contribution in [0.1, 0.15) is 43.9 Å². The van der Waals surface area contributed by atoms with Gasteiger partial charge >= 0.3 is 0 Å². The maximum absolute atomic E-state index is 11.8. The first-order chi connectivity index (χ1) is 22.9. The molecule has 0 N–H and O–H groups in total. The van der Waals surface area contributed by atoms with E-state index in [9.17, 15) is 4.79 Å². The highest BCUT2D eigenvalue weighted by Gasteiger charge is 2.42. The largest absolute Gasteiger partial charge is 0.456 e. The average molecular weight is 612 g/mol. The van der Waals surface area contributed by atoms with Gasteiger partial charge in [-0.25, -0.2) is 15.0 Å². The van der Waals surface area contributed by atoms with Crippen molar-refractivity contribution in [3.05, 3.63) is 138 Å². The van der Waals surface area contributed by atoms with E-state index in [0.717, 1.165) is 56.9 Å². The smallest absolute Gasteiger partial charge is 0.164 e. The lowest BCUT2D eigenvalue weighted by molar-refractivity contribution is -0.103. The Morgan fingerprint density at radius 2 is 1.55 bits per heavy atom. The molecule has 0 saturated heterocycles. The number of hydrogen-bond acceptors (Lipinski definition) is 5. The summed E-state index contributed by atoms with van der Waals surface area (Å²) in [4.78, 5) is 26.6. The van der Waals surface area contributed by atoms with E-state index in [-0.39, 0.29) is 5.41 Å². The fourth-order valence-corrected chi connectivity index (χ4v) is 7.13. The number of aromatic nitrogens is 3. The van der Waals surface area contributed by atoms with Crippen molar-refractivity contribution in [2.75, 3.05) is 0 Å². The molecular weight excluding hydrogens is 578 g/mol. The van der Waals surface area contributed by atoms with Crippen LogP contribution >= 0.6 is 0 Å². The van der Waals surface area contributed by atoms with Crippen LogP contribution in [0.15, 0.2) is 126 Å². The first kappa shape index (κ1) is 28.8. The van der Waals surface area contributed by atoms with Crippen LogP contribution in [0.4, 0.5) is 0 Å². The Morgan fingerprint density at radius 1 is 0.851 bits per heavy atom. The van der Waals surface area contributed by atoms with Gasteiger partial charge in [0.05, 0.1) is 0 Å². The van der Waals surface area contributed by atoms with E-state index in [1.54, 1.807) is 12.2 Å². The van der Waals surface area contributed by atoms with Crippen molar-refractivity contribution >= 4 is 39.4 Å². The molecule has 0 spiro atoms. The first-order valence-electron chi connectivity index (χ1n) is 16.0. The van der Waals surface area contributed by atoms with Crippen LogP contribution in [0.2, 0.25) is 0 Å². The Hall–Kier alpha value is -5.68. The predicted molar refractivity (Wildman–Crippen MR) is 191 cm³/mol. The lowest BCUT2D eigenvalue weighted by atomic mass is 9.78. The summed E-state index contributed by atoms with van der Waals surface area (Å²) in [6, 6.07) is 28.2. The molecule has 0 saturated carbocycles. The van der Waals surface area contributed by atoms with E-state index in [4.69, 9.17) is 19.4 Å². The third kappa shape index (κ3) is 4.69. The Morgan fingerprint density at radius 3 is 2.30 bits per heavy atom. The molecule has 1 atom stereocenters. The normalized spacial score (nSPS) is 16.8. The highest BCUT2D eigenvalue weighted by molar-refractivity contribution is 6.10. The van der Waals surface area contributed by atoms with Gasteiger partial charge in [0.2, 0.25) is 0 Å². The zero-order valence-corrected chi connectivity index (χ0v) is 26.6. The molecule has 0 fully saturated rings. The molecule has 0 amide bonds. The van der Waals surface area contributed by atoms with Gasteiger partial charge in [-0.2, -0.15) is 0 Å². The molecule has 2 aliphatic rings. The van der Waals surface area contributed by atoms with Gasteiger partial charge in [0.25, 0.3) is 0 Å². The second kappa shape index (κ2) is 11.0. The Bertz CT molecular complexity index is 2360. The number of furan rings is 1. The zero-order valence-electron chi connectivity index (χ0n) is 26.6. The number of nitrogens with zero attached hydrogens (tertiary/aromatic N) is 3. The molecule has 47 heavy (non-hydrogen) atoms. The molecule has 228 valence electrons. The number of fused-ring (bicyclic) bond motifs is 7. The summed E-state index contributed by atoms with van der Waals surface area (Å²) in [7, 11) is 0. The number of rotatable bonds is 6. The Kier molecular flexibility index (Phi) is 6.73. The van der Waals surface area contributed by atoms with Gasteiger partial charge < -0.3 is 4.42 Å². The number of allylic oxidation sites excluding steroid dienone is 7. The quantitative estimate of drug-likeness (QED) is 0.106. The van der Waals surface area contributed by atoms with E-state index in [1.807, 2.05) is 60.7 Å². The molecule has 4 aromatic carbocycles. The third-order valence-electron chi connectivity index (χ3n) is 9.47. The minimum Gasteiger partial charge on any atom is -0.456 e. The van der Waals surface area contributed by atoms with Crippen LogP contribution in [0, 0.1) is 5.92 Å². The van der Waals surface area contributed by atoms with Gasteiger partial charge in [-0.15, -0.1) is 0 Å². The second-order valence-corrected chi connectivity index (χ2v) is 12.9. The SMILES string of the molecule is C=C/C=C(\C=O)c1cccc(-c2nc(-c3ccccc3)nc(-c3ccc4c(c3)oc3c5c(ccc34)C3=CCC(C)C=C3C5(C)C)n2)c1. The number of benzene rings is 4. The minimum absolute atomic E-state index is 0.154. The second-order valence-electron chi connectivity index (χ2n) is 12.9. The average Bonchev–Trinajstić information content (AvgIpc) is 3.58. The number of carbonyl (C=O) groups is 1. The van der Waals surface area contributed by atoms with Crippen molar-refractivity contribution in [1.82, 2.24) is 15.0 Å². The number of hydrogen-bond donors (Lipinski definition) is 0. The van der Waals surface area contributed by atoms with E-state index in [1.165, 1.54) is 22.3 Å². The number of carbonyl (C=O) groups excluding carboxylic acids is 1. The van der Waals surface area contributed by atoms with Gasteiger partial charge in [-0.3, -0.25) is 4.79 Å². The monoisotopic (exact) mass is 611 g/mol. The first-order valence-corrected chi connectivity index (χ1v) is 16.0. The molecule has 2 heterocycles. The van der Waals surface area contributed by atoms with E-state index in [2.05, 4.69) is 63.8 Å². The molecule has 5 nitrogen and oxygen atoms in total. The summed E-state index contributed by atoms with van der Waals surface area (Å²) in [5.74, 6) is 2.15. The van der Waals surface area contributed by atoms with Crippen molar-refractivity contribution in [1.29, 1.82) is 0 Å². The van der Waals surface area contributed by atoms with Crippen LogP contribution in [0.5, 0.6) is 0 Å². The van der Waals surface area contributed by atoms with Gasteiger partial charge in [0, 0.05) is 44.0 Å². The summed E-state index contributed by atoms with van der Waals surface area (Å²) in [5.41, 5.74) is 10.7. The van der Waals surface area contributed by atoms with Crippen molar-refractivity contribution in [2.45, 2.75) is 32.6 Å². The molecular formula is C42H33N3O2. The van der Waals surface area contributed by atoms with Crippen molar-refractivity contribution in [2.24, 2.45) is 5.92 Å². The standard InChI is InChI=1S/C42H33N3O2/c1-5-10-30(24-46)27-13-9-14-28(22-27)40-43-39(26-11-7-6-8-12-26)44-41(45-40)29-16-18-32-34-20-19-33-31-17-15-25(2)21-35(31)42(3,4)37(33)38(34)47-36(32)23-29/h5-14,16-25H,1,15H2,2-4H3/b30-10+.